The van der Waals surface area contributed by atoms with Crippen LogP contribution in [0.25, 0.3) is 11.1 Å². The predicted molar refractivity (Wildman–Crippen MR) is 72.0 cm³/mol. The Morgan fingerprint density at radius 1 is 1.40 bits per heavy atom. The average molecular weight is 273 g/mol. The van der Waals surface area contributed by atoms with Gasteiger partial charge in [-0.05, 0) is 44.9 Å². The van der Waals surface area contributed by atoms with E-state index in [0.29, 0.717) is 11.5 Å². The number of aryl methyl sites for hydroxylation is 2. The summed E-state index contributed by atoms with van der Waals surface area (Å²) in [6.45, 7) is 3.64. The Morgan fingerprint density at radius 3 is 2.70 bits per heavy atom. The molecule has 1 saturated carbocycles. The first-order valence-electron chi connectivity index (χ1n) is 6.53. The highest BCUT2D eigenvalue weighted by atomic mass is 16.5. The number of aromatic carboxylic acids is 1. The van der Waals surface area contributed by atoms with Crippen LogP contribution in [0.4, 0.5) is 0 Å². The average Bonchev–Trinajstić information content (AvgIpc) is 3.16. The molecule has 2 aromatic rings. The van der Waals surface area contributed by atoms with E-state index in [-0.39, 0.29) is 11.7 Å². The largest absolute Gasteiger partial charge is 0.490 e. The van der Waals surface area contributed by atoms with E-state index in [2.05, 4.69) is 5.16 Å². The number of rotatable bonds is 4. The molecule has 0 unspecified atom stereocenters. The van der Waals surface area contributed by atoms with Crippen LogP contribution in [0, 0.1) is 13.8 Å². The molecule has 1 N–H and O–H groups in total. The number of hydrogen-bond acceptors (Lipinski definition) is 4. The van der Waals surface area contributed by atoms with Crippen molar-refractivity contribution in [2.24, 2.45) is 0 Å². The summed E-state index contributed by atoms with van der Waals surface area (Å²) in [5.74, 6) is 0.383. The van der Waals surface area contributed by atoms with Crippen LogP contribution in [0.2, 0.25) is 0 Å². The lowest BCUT2D eigenvalue weighted by Crippen LogP contribution is -2.02. The molecule has 0 amide bonds. The number of carboxylic acid groups (broad SMARTS) is 1. The lowest BCUT2D eigenvalue weighted by atomic mass is 10.0. The van der Waals surface area contributed by atoms with Gasteiger partial charge < -0.3 is 14.4 Å². The maximum Gasteiger partial charge on any atom is 0.335 e. The molecular formula is C15H15NO4. The first-order valence-corrected chi connectivity index (χ1v) is 6.53. The van der Waals surface area contributed by atoms with Gasteiger partial charge in [0.25, 0.3) is 0 Å². The van der Waals surface area contributed by atoms with Crippen LogP contribution in [0.1, 0.15) is 34.7 Å². The zero-order valence-corrected chi connectivity index (χ0v) is 11.3. The van der Waals surface area contributed by atoms with Gasteiger partial charge in [0, 0.05) is 5.56 Å². The van der Waals surface area contributed by atoms with E-state index in [1.165, 1.54) is 0 Å². The van der Waals surface area contributed by atoms with Gasteiger partial charge in [-0.3, -0.25) is 0 Å². The van der Waals surface area contributed by atoms with Crippen molar-refractivity contribution in [2.75, 3.05) is 0 Å². The molecule has 1 aromatic carbocycles. The summed E-state index contributed by atoms with van der Waals surface area (Å²) < 4.78 is 11.0. The van der Waals surface area contributed by atoms with Crippen LogP contribution in [-0.4, -0.2) is 22.3 Å². The molecule has 0 atom stereocenters. The highest BCUT2D eigenvalue weighted by Crippen LogP contribution is 2.38. The van der Waals surface area contributed by atoms with E-state index in [0.717, 1.165) is 29.7 Å². The fourth-order valence-electron chi connectivity index (χ4n) is 2.19. The summed E-state index contributed by atoms with van der Waals surface area (Å²) in [6, 6.07) is 4.89. The maximum absolute atomic E-state index is 11.2. The number of aromatic nitrogens is 1. The highest BCUT2D eigenvalue weighted by molar-refractivity contribution is 5.91. The molecule has 0 aliphatic heterocycles. The quantitative estimate of drug-likeness (QED) is 0.926. The lowest BCUT2D eigenvalue weighted by molar-refractivity contribution is 0.0697. The second-order valence-corrected chi connectivity index (χ2v) is 5.03. The highest BCUT2D eigenvalue weighted by Gasteiger charge is 2.26. The van der Waals surface area contributed by atoms with Crippen molar-refractivity contribution in [1.82, 2.24) is 5.16 Å². The van der Waals surface area contributed by atoms with E-state index >= 15 is 0 Å². The molecule has 1 aliphatic rings. The molecule has 1 aromatic heterocycles. The van der Waals surface area contributed by atoms with Crippen molar-refractivity contribution >= 4 is 5.97 Å². The third-order valence-electron chi connectivity index (χ3n) is 3.35. The summed E-state index contributed by atoms with van der Waals surface area (Å²) in [4.78, 5) is 11.2. The van der Waals surface area contributed by atoms with E-state index in [9.17, 15) is 4.79 Å². The fourth-order valence-corrected chi connectivity index (χ4v) is 2.19. The molecule has 0 radical (unpaired) electrons. The van der Waals surface area contributed by atoms with E-state index in [1.54, 1.807) is 18.2 Å². The zero-order valence-electron chi connectivity index (χ0n) is 11.3. The summed E-state index contributed by atoms with van der Waals surface area (Å²) in [6.07, 6.45) is 2.33. The van der Waals surface area contributed by atoms with Gasteiger partial charge in [0.1, 0.15) is 11.5 Å². The molecule has 1 aliphatic carbocycles. The van der Waals surface area contributed by atoms with E-state index < -0.39 is 5.97 Å². The molecule has 104 valence electrons. The van der Waals surface area contributed by atoms with Crippen LogP contribution >= 0.6 is 0 Å². The Morgan fingerprint density at radius 2 is 2.15 bits per heavy atom. The minimum atomic E-state index is -0.962. The standard InChI is InChI=1S/C15H15NO4/c1-8-14(9(2)20-16-8)12-7-10(15(17)18)3-6-13(12)19-11-4-5-11/h3,6-7,11H,4-5H2,1-2H3,(H,17,18). The second kappa shape index (κ2) is 4.67. The van der Waals surface area contributed by atoms with Gasteiger partial charge in [-0.25, -0.2) is 4.79 Å². The first kappa shape index (κ1) is 12.7. The van der Waals surface area contributed by atoms with Gasteiger partial charge in [-0.1, -0.05) is 5.16 Å². The number of ether oxygens (including phenoxy) is 1. The predicted octanol–water partition coefficient (Wildman–Crippen LogP) is 3.20. The van der Waals surface area contributed by atoms with Crippen LogP contribution in [0.5, 0.6) is 5.75 Å². The molecule has 0 saturated heterocycles. The van der Waals surface area contributed by atoms with Crippen molar-refractivity contribution in [3.8, 4) is 16.9 Å². The van der Waals surface area contributed by atoms with Gasteiger partial charge in [0.15, 0.2) is 0 Å². The Bertz CT molecular complexity index is 651. The third kappa shape index (κ3) is 2.27. The van der Waals surface area contributed by atoms with Crippen LogP contribution < -0.4 is 4.74 Å². The Kier molecular flexibility index (Phi) is 2.97. The van der Waals surface area contributed by atoms with Gasteiger partial charge in [-0.2, -0.15) is 0 Å². The number of benzene rings is 1. The molecule has 5 heteroatoms. The Balaban J connectivity index is 2.13. The smallest absolute Gasteiger partial charge is 0.335 e. The van der Waals surface area contributed by atoms with Crippen molar-refractivity contribution in [2.45, 2.75) is 32.8 Å². The third-order valence-corrected chi connectivity index (χ3v) is 3.35. The first-order chi connectivity index (χ1) is 9.56. The normalized spacial score (nSPS) is 14.3. The van der Waals surface area contributed by atoms with Crippen molar-refractivity contribution < 1.29 is 19.2 Å². The topological polar surface area (TPSA) is 72.6 Å². The van der Waals surface area contributed by atoms with Gasteiger partial charge in [-0.15, -0.1) is 0 Å². The van der Waals surface area contributed by atoms with Crippen LogP contribution in [-0.2, 0) is 0 Å². The summed E-state index contributed by atoms with van der Waals surface area (Å²) in [5, 5.41) is 13.1. The second-order valence-electron chi connectivity index (χ2n) is 5.03. The number of hydrogen-bond donors (Lipinski definition) is 1. The van der Waals surface area contributed by atoms with Gasteiger partial charge >= 0.3 is 5.97 Å². The molecule has 3 rings (SSSR count). The van der Waals surface area contributed by atoms with Gasteiger partial charge in [0.05, 0.1) is 22.9 Å². The Hall–Kier alpha value is -2.30. The zero-order chi connectivity index (χ0) is 14.3. The molecule has 1 heterocycles. The van der Waals surface area contributed by atoms with Crippen molar-refractivity contribution in [3.05, 3.63) is 35.2 Å². The number of carboxylic acids is 1. The molecule has 1 fully saturated rings. The number of nitrogens with zero attached hydrogens (tertiary/aromatic N) is 1. The molecule has 0 bridgehead atoms. The van der Waals surface area contributed by atoms with Gasteiger partial charge in [0.2, 0.25) is 0 Å². The molecular weight excluding hydrogens is 258 g/mol. The monoisotopic (exact) mass is 273 g/mol. The SMILES string of the molecule is Cc1noc(C)c1-c1cc(C(=O)O)ccc1OC1CC1. The van der Waals surface area contributed by atoms with E-state index in [1.807, 2.05) is 13.8 Å². The minimum Gasteiger partial charge on any atom is -0.490 e. The number of carbonyl (C=O) groups is 1. The molecule has 0 spiro atoms. The summed E-state index contributed by atoms with van der Waals surface area (Å²) in [7, 11) is 0. The Labute approximate surface area is 116 Å². The molecule has 20 heavy (non-hydrogen) atoms. The molecule has 5 nitrogen and oxygen atoms in total. The summed E-state index contributed by atoms with van der Waals surface area (Å²) in [5.41, 5.74) is 2.49. The van der Waals surface area contributed by atoms with Crippen LogP contribution in [0.15, 0.2) is 22.7 Å². The lowest BCUT2D eigenvalue weighted by Gasteiger charge is -2.11. The summed E-state index contributed by atoms with van der Waals surface area (Å²) >= 11 is 0. The minimum absolute atomic E-state index is 0.225. The van der Waals surface area contributed by atoms with E-state index in [4.69, 9.17) is 14.4 Å². The van der Waals surface area contributed by atoms with Crippen molar-refractivity contribution in [3.63, 3.8) is 0 Å². The van der Waals surface area contributed by atoms with Crippen molar-refractivity contribution in [1.29, 1.82) is 0 Å². The maximum atomic E-state index is 11.2. The van der Waals surface area contributed by atoms with Crippen LogP contribution in [0.3, 0.4) is 0 Å². The fraction of sp³-hybridized carbons (Fsp3) is 0.333.